The average molecular weight is 270 g/mol. The van der Waals surface area contributed by atoms with Gasteiger partial charge in [-0.15, -0.1) is 0 Å². The molecule has 0 aliphatic carbocycles. The quantitative estimate of drug-likeness (QED) is 0.799. The van der Waals surface area contributed by atoms with Gasteiger partial charge in [-0.3, -0.25) is 0 Å². The van der Waals surface area contributed by atoms with Gasteiger partial charge < -0.3 is 10.1 Å². The van der Waals surface area contributed by atoms with Crippen LogP contribution in [0.2, 0.25) is 5.02 Å². The molecule has 0 radical (unpaired) electrons. The number of anilines is 1. The van der Waals surface area contributed by atoms with E-state index in [1.165, 1.54) is 0 Å². The Morgan fingerprint density at radius 3 is 2.78 bits per heavy atom. The average Bonchev–Trinajstić information content (AvgIpc) is 2.34. The predicted octanol–water partition coefficient (Wildman–Crippen LogP) is 3.79. The molecule has 1 aromatic carbocycles. The third kappa shape index (κ3) is 3.91. The first kappa shape index (κ1) is 14.8. The number of hydrogen-bond acceptors (Lipinski definition) is 3. The van der Waals surface area contributed by atoms with Crippen molar-refractivity contribution >= 4 is 23.3 Å². The molecule has 0 saturated heterocycles. The maximum absolute atomic E-state index is 11.8. The van der Waals surface area contributed by atoms with Crippen LogP contribution in [-0.2, 0) is 9.53 Å². The number of halogens is 1. The smallest absolute Gasteiger partial charge is 0.328 e. The highest BCUT2D eigenvalue weighted by Gasteiger charge is 2.19. The lowest BCUT2D eigenvalue weighted by Gasteiger charge is -2.19. The van der Waals surface area contributed by atoms with Gasteiger partial charge in [0.25, 0.3) is 0 Å². The summed E-state index contributed by atoms with van der Waals surface area (Å²) in [6.45, 7) is 6.18. The summed E-state index contributed by atoms with van der Waals surface area (Å²) in [6, 6.07) is 5.31. The number of benzene rings is 1. The van der Waals surface area contributed by atoms with Crippen molar-refractivity contribution in [2.75, 3.05) is 11.9 Å². The zero-order valence-electron chi connectivity index (χ0n) is 11.1. The van der Waals surface area contributed by atoms with Crippen LogP contribution in [-0.4, -0.2) is 18.6 Å². The summed E-state index contributed by atoms with van der Waals surface area (Å²) in [5.41, 5.74) is 1.83. The first-order valence-corrected chi connectivity index (χ1v) is 6.66. The molecule has 0 heterocycles. The van der Waals surface area contributed by atoms with Gasteiger partial charge in [0.15, 0.2) is 0 Å². The fraction of sp³-hybridized carbons (Fsp3) is 0.500. The molecule has 1 unspecified atom stereocenters. The van der Waals surface area contributed by atoms with E-state index < -0.39 is 0 Å². The third-order valence-corrected chi connectivity index (χ3v) is 3.16. The van der Waals surface area contributed by atoms with Crippen molar-refractivity contribution in [2.45, 2.75) is 39.7 Å². The molecule has 1 N–H and O–H groups in total. The molecule has 0 bridgehead atoms. The van der Waals surface area contributed by atoms with Gasteiger partial charge in [-0.25, -0.2) is 4.79 Å². The van der Waals surface area contributed by atoms with Crippen LogP contribution in [0.3, 0.4) is 0 Å². The van der Waals surface area contributed by atoms with E-state index in [1.807, 2.05) is 39.0 Å². The summed E-state index contributed by atoms with van der Waals surface area (Å²) < 4.78 is 5.06. The first-order chi connectivity index (χ1) is 8.60. The molecule has 0 aliphatic rings. The lowest BCUT2D eigenvalue weighted by atomic mass is 10.1. The van der Waals surface area contributed by atoms with Crippen LogP contribution in [0.5, 0.6) is 0 Å². The minimum absolute atomic E-state index is 0.210. The van der Waals surface area contributed by atoms with Crippen LogP contribution in [0, 0.1) is 6.92 Å². The topological polar surface area (TPSA) is 38.3 Å². The van der Waals surface area contributed by atoms with Crippen LogP contribution in [0.15, 0.2) is 18.2 Å². The molecule has 4 heteroatoms. The highest BCUT2D eigenvalue weighted by Crippen LogP contribution is 2.24. The van der Waals surface area contributed by atoms with Gasteiger partial charge in [0.2, 0.25) is 0 Å². The fourth-order valence-corrected chi connectivity index (χ4v) is 1.91. The molecule has 100 valence electrons. The molecule has 0 fully saturated rings. The Hall–Kier alpha value is -1.22. The summed E-state index contributed by atoms with van der Waals surface area (Å²) in [5, 5.41) is 3.91. The molecular formula is C14H20ClNO2. The van der Waals surface area contributed by atoms with Gasteiger partial charge in [0.05, 0.1) is 6.61 Å². The number of carbonyl (C=O) groups excluding carboxylic acids is 1. The molecule has 3 nitrogen and oxygen atoms in total. The zero-order chi connectivity index (χ0) is 13.5. The normalized spacial score (nSPS) is 12.0. The Morgan fingerprint density at radius 1 is 1.44 bits per heavy atom. The summed E-state index contributed by atoms with van der Waals surface area (Å²) in [4.78, 5) is 11.8. The standard InChI is InChI=1S/C14H20ClNO2/c1-4-7-13(14(17)18-5-2)16-12-9-6-8-11(15)10(12)3/h6,8-9,13,16H,4-5,7H2,1-3H3. The number of ether oxygens (including phenoxy) is 1. The van der Waals surface area contributed by atoms with Gasteiger partial charge in [0, 0.05) is 10.7 Å². The molecular weight excluding hydrogens is 250 g/mol. The SMILES string of the molecule is CCCC(Nc1cccc(Cl)c1C)C(=O)OCC. The Balaban J connectivity index is 2.82. The minimum atomic E-state index is -0.313. The number of nitrogens with one attached hydrogen (secondary N) is 1. The molecule has 1 aromatic rings. The number of carbonyl (C=O) groups is 1. The van der Waals surface area contributed by atoms with E-state index in [1.54, 1.807) is 0 Å². The second-order valence-electron chi connectivity index (χ2n) is 4.15. The van der Waals surface area contributed by atoms with Gasteiger partial charge >= 0.3 is 5.97 Å². The van der Waals surface area contributed by atoms with E-state index in [0.29, 0.717) is 11.6 Å². The monoisotopic (exact) mass is 269 g/mol. The van der Waals surface area contributed by atoms with Crippen LogP contribution >= 0.6 is 11.6 Å². The molecule has 1 atom stereocenters. The summed E-state index contributed by atoms with van der Waals surface area (Å²) in [5.74, 6) is -0.210. The van der Waals surface area contributed by atoms with E-state index in [-0.39, 0.29) is 12.0 Å². The molecule has 1 rings (SSSR count). The van der Waals surface area contributed by atoms with Crippen LogP contribution < -0.4 is 5.32 Å². The Morgan fingerprint density at radius 2 is 2.17 bits per heavy atom. The largest absolute Gasteiger partial charge is 0.464 e. The van der Waals surface area contributed by atoms with Gasteiger partial charge in [-0.05, 0) is 38.0 Å². The van der Waals surface area contributed by atoms with Crippen molar-refractivity contribution in [2.24, 2.45) is 0 Å². The highest BCUT2D eigenvalue weighted by molar-refractivity contribution is 6.31. The molecule has 0 aromatic heterocycles. The predicted molar refractivity (Wildman–Crippen MR) is 75.1 cm³/mol. The molecule has 0 spiro atoms. The van der Waals surface area contributed by atoms with Crippen molar-refractivity contribution in [1.29, 1.82) is 0 Å². The van der Waals surface area contributed by atoms with Crippen LogP contribution in [0.4, 0.5) is 5.69 Å². The fourth-order valence-electron chi connectivity index (χ4n) is 1.73. The number of rotatable bonds is 6. The van der Waals surface area contributed by atoms with E-state index >= 15 is 0 Å². The second kappa shape index (κ2) is 7.27. The lowest BCUT2D eigenvalue weighted by Crippen LogP contribution is -2.31. The molecule has 0 amide bonds. The maximum Gasteiger partial charge on any atom is 0.328 e. The number of esters is 1. The van der Waals surface area contributed by atoms with E-state index in [4.69, 9.17) is 16.3 Å². The van der Waals surface area contributed by atoms with Crippen molar-refractivity contribution in [1.82, 2.24) is 0 Å². The van der Waals surface area contributed by atoms with E-state index in [0.717, 1.165) is 24.1 Å². The Labute approximate surface area is 113 Å². The van der Waals surface area contributed by atoms with Crippen LogP contribution in [0.25, 0.3) is 0 Å². The van der Waals surface area contributed by atoms with Gasteiger partial charge in [-0.1, -0.05) is 31.0 Å². The van der Waals surface area contributed by atoms with Crippen molar-refractivity contribution < 1.29 is 9.53 Å². The van der Waals surface area contributed by atoms with Crippen molar-refractivity contribution in [3.05, 3.63) is 28.8 Å². The zero-order valence-corrected chi connectivity index (χ0v) is 11.9. The Bertz CT molecular complexity index is 407. The highest BCUT2D eigenvalue weighted by atomic mass is 35.5. The van der Waals surface area contributed by atoms with E-state index in [9.17, 15) is 4.79 Å². The van der Waals surface area contributed by atoms with E-state index in [2.05, 4.69) is 5.32 Å². The molecule has 0 aliphatic heterocycles. The van der Waals surface area contributed by atoms with Crippen molar-refractivity contribution in [3.8, 4) is 0 Å². The second-order valence-corrected chi connectivity index (χ2v) is 4.56. The van der Waals surface area contributed by atoms with Crippen molar-refractivity contribution in [3.63, 3.8) is 0 Å². The first-order valence-electron chi connectivity index (χ1n) is 6.28. The Kier molecular flexibility index (Phi) is 5.99. The van der Waals surface area contributed by atoms with Gasteiger partial charge in [-0.2, -0.15) is 0 Å². The van der Waals surface area contributed by atoms with Gasteiger partial charge in [0.1, 0.15) is 6.04 Å². The lowest BCUT2D eigenvalue weighted by molar-refractivity contribution is -0.144. The molecule has 0 saturated carbocycles. The summed E-state index contributed by atoms with van der Waals surface area (Å²) in [6.07, 6.45) is 1.65. The third-order valence-electron chi connectivity index (χ3n) is 2.75. The minimum Gasteiger partial charge on any atom is -0.464 e. The maximum atomic E-state index is 11.8. The number of hydrogen-bond donors (Lipinski definition) is 1. The summed E-state index contributed by atoms with van der Waals surface area (Å²) >= 11 is 6.06. The summed E-state index contributed by atoms with van der Waals surface area (Å²) in [7, 11) is 0. The molecule has 18 heavy (non-hydrogen) atoms. The van der Waals surface area contributed by atoms with Crippen LogP contribution in [0.1, 0.15) is 32.3 Å².